The number of rotatable bonds is 7. The van der Waals surface area contributed by atoms with Crippen molar-refractivity contribution in [1.29, 1.82) is 0 Å². The number of amides is 1. The summed E-state index contributed by atoms with van der Waals surface area (Å²) in [6, 6.07) is 15.2. The Labute approximate surface area is 166 Å². The second-order valence-corrected chi connectivity index (χ2v) is 7.07. The van der Waals surface area contributed by atoms with E-state index in [0.717, 1.165) is 22.6 Å². The van der Waals surface area contributed by atoms with Gasteiger partial charge in [0.25, 0.3) is 5.91 Å². The van der Waals surface area contributed by atoms with Crippen LogP contribution in [0.25, 0.3) is 11.0 Å². The molecule has 0 saturated carbocycles. The van der Waals surface area contributed by atoms with Crippen LogP contribution in [-0.4, -0.2) is 27.0 Å². The molecule has 2 aromatic heterocycles. The molecule has 2 heterocycles. The molecule has 1 N–H and O–H groups in total. The fourth-order valence-corrected chi connectivity index (χ4v) is 3.60. The van der Waals surface area contributed by atoms with Crippen LogP contribution < -0.4 is 10.1 Å². The third kappa shape index (κ3) is 4.04. The van der Waals surface area contributed by atoms with Crippen LogP contribution >= 0.6 is 11.3 Å². The van der Waals surface area contributed by atoms with Crippen LogP contribution in [0.5, 0.6) is 5.75 Å². The summed E-state index contributed by atoms with van der Waals surface area (Å²) < 4.78 is 7.83. The lowest BCUT2D eigenvalue weighted by Crippen LogP contribution is -2.27. The number of thiazole rings is 1. The average molecular weight is 392 g/mol. The van der Waals surface area contributed by atoms with Crippen LogP contribution in [-0.2, 0) is 13.2 Å². The number of para-hydroxylation sites is 2. The Morgan fingerprint density at radius 2 is 2.11 bits per heavy atom. The zero-order chi connectivity index (χ0) is 19.3. The Morgan fingerprint density at radius 3 is 2.96 bits per heavy atom. The number of fused-ring (bicyclic) bond motifs is 1. The highest BCUT2D eigenvalue weighted by atomic mass is 32.1. The van der Waals surface area contributed by atoms with Gasteiger partial charge in [-0.25, -0.2) is 9.97 Å². The van der Waals surface area contributed by atoms with E-state index in [0.29, 0.717) is 31.0 Å². The highest BCUT2D eigenvalue weighted by Crippen LogP contribution is 2.16. The van der Waals surface area contributed by atoms with Crippen molar-refractivity contribution < 1.29 is 9.53 Å². The fraction of sp³-hybridized carbons (Fsp3) is 0.190. The molecular weight excluding hydrogens is 372 g/mol. The van der Waals surface area contributed by atoms with E-state index in [1.165, 1.54) is 11.3 Å². The van der Waals surface area contributed by atoms with E-state index in [1.807, 2.05) is 48.7 Å². The van der Waals surface area contributed by atoms with E-state index in [4.69, 9.17) is 4.74 Å². The Hall–Kier alpha value is -3.19. The van der Waals surface area contributed by atoms with Crippen LogP contribution in [0, 0.1) is 6.92 Å². The third-order valence-electron chi connectivity index (χ3n) is 4.43. The third-order valence-corrected chi connectivity index (χ3v) is 5.07. The first-order valence-electron chi connectivity index (χ1n) is 9.01. The summed E-state index contributed by atoms with van der Waals surface area (Å²) in [6.45, 7) is 3.55. The molecule has 0 spiro atoms. The van der Waals surface area contributed by atoms with Crippen molar-refractivity contribution in [1.82, 2.24) is 19.9 Å². The Morgan fingerprint density at radius 1 is 1.21 bits per heavy atom. The largest absolute Gasteiger partial charge is 0.487 e. The Kier molecular flexibility index (Phi) is 5.34. The van der Waals surface area contributed by atoms with Gasteiger partial charge in [-0.1, -0.05) is 18.2 Å². The second-order valence-electron chi connectivity index (χ2n) is 6.35. The lowest BCUT2D eigenvalue weighted by atomic mass is 10.2. The molecule has 0 aliphatic rings. The fourth-order valence-electron chi connectivity index (χ4n) is 3.05. The number of hydrogen-bond acceptors (Lipinski definition) is 5. The molecule has 0 aliphatic carbocycles. The summed E-state index contributed by atoms with van der Waals surface area (Å²) in [7, 11) is 0. The molecule has 0 bridgehead atoms. The van der Waals surface area contributed by atoms with E-state index in [-0.39, 0.29) is 5.91 Å². The summed E-state index contributed by atoms with van der Waals surface area (Å²) in [5, 5.41) is 4.92. The molecule has 6 nitrogen and oxygen atoms in total. The monoisotopic (exact) mass is 392 g/mol. The number of aromatic nitrogens is 3. The van der Waals surface area contributed by atoms with Crippen molar-refractivity contribution in [2.75, 3.05) is 6.54 Å². The first kappa shape index (κ1) is 18.2. The van der Waals surface area contributed by atoms with Crippen molar-refractivity contribution in [2.24, 2.45) is 0 Å². The number of nitrogens with one attached hydrogen (secondary N) is 1. The lowest BCUT2D eigenvalue weighted by molar-refractivity contribution is 0.0952. The number of nitrogens with zero attached hydrogens (tertiary/aromatic N) is 3. The number of ether oxygens (including phenoxy) is 1. The van der Waals surface area contributed by atoms with Crippen molar-refractivity contribution in [3.05, 3.63) is 76.5 Å². The number of aryl methyl sites for hydroxylation is 1. The van der Waals surface area contributed by atoms with Gasteiger partial charge in [0, 0.05) is 24.0 Å². The predicted octanol–water partition coefficient (Wildman–Crippen LogP) is 3.81. The maximum atomic E-state index is 12.5. The van der Waals surface area contributed by atoms with Gasteiger partial charge in [0.05, 0.1) is 22.2 Å². The van der Waals surface area contributed by atoms with E-state index >= 15 is 0 Å². The molecule has 0 fully saturated rings. The zero-order valence-electron chi connectivity index (χ0n) is 15.5. The van der Waals surface area contributed by atoms with Gasteiger partial charge in [-0.2, -0.15) is 0 Å². The minimum absolute atomic E-state index is 0.124. The first-order chi connectivity index (χ1) is 13.7. The summed E-state index contributed by atoms with van der Waals surface area (Å²) in [5.74, 6) is 1.46. The normalized spacial score (nSPS) is 10.9. The number of benzene rings is 2. The quantitative estimate of drug-likeness (QED) is 0.519. The van der Waals surface area contributed by atoms with Crippen LogP contribution in [0.1, 0.15) is 21.9 Å². The zero-order valence-corrected chi connectivity index (χ0v) is 16.3. The van der Waals surface area contributed by atoms with Crippen LogP contribution in [0.2, 0.25) is 0 Å². The van der Waals surface area contributed by atoms with Crippen LogP contribution in [0.4, 0.5) is 0 Å². The topological polar surface area (TPSA) is 69.0 Å². The number of carbonyl (C=O) groups excluding carboxylic acids is 1. The molecule has 0 radical (unpaired) electrons. The molecule has 0 unspecified atom stereocenters. The second kappa shape index (κ2) is 8.22. The minimum atomic E-state index is -0.124. The highest BCUT2D eigenvalue weighted by molar-refractivity contribution is 7.07. The van der Waals surface area contributed by atoms with Gasteiger partial charge in [-0.05, 0) is 37.3 Å². The van der Waals surface area contributed by atoms with Gasteiger partial charge < -0.3 is 14.6 Å². The van der Waals surface area contributed by atoms with Crippen molar-refractivity contribution in [2.45, 2.75) is 20.1 Å². The van der Waals surface area contributed by atoms with Crippen molar-refractivity contribution in [3.63, 3.8) is 0 Å². The van der Waals surface area contributed by atoms with Crippen molar-refractivity contribution >= 4 is 28.3 Å². The van der Waals surface area contributed by atoms with E-state index < -0.39 is 0 Å². The standard InChI is InChI=1S/C21H20N4O2S/c1-15-24-19-7-2-3-8-20(19)25(15)10-9-22-21(26)16-5-4-6-18(11-16)27-12-17-13-28-14-23-17/h2-8,11,13-14H,9-10,12H2,1H3,(H,22,26). The summed E-state index contributed by atoms with van der Waals surface area (Å²) >= 11 is 1.53. The molecular formula is C21H20N4O2S. The molecule has 1 amide bonds. The Balaban J connectivity index is 1.36. The number of hydrogen-bond donors (Lipinski definition) is 1. The lowest BCUT2D eigenvalue weighted by Gasteiger charge is -2.10. The van der Waals surface area contributed by atoms with Gasteiger partial charge >= 0.3 is 0 Å². The molecule has 4 rings (SSSR count). The summed E-state index contributed by atoms with van der Waals surface area (Å²) in [5.41, 5.74) is 5.27. The van der Waals surface area contributed by atoms with Crippen LogP contribution in [0.3, 0.4) is 0 Å². The number of imidazole rings is 1. The molecule has 28 heavy (non-hydrogen) atoms. The SMILES string of the molecule is Cc1nc2ccccc2n1CCNC(=O)c1cccc(OCc2cscn2)c1. The smallest absolute Gasteiger partial charge is 0.251 e. The average Bonchev–Trinajstić information content (AvgIpc) is 3.34. The van der Waals surface area contributed by atoms with Crippen LogP contribution in [0.15, 0.2) is 59.4 Å². The maximum Gasteiger partial charge on any atom is 0.251 e. The van der Waals surface area contributed by atoms with E-state index in [2.05, 4.69) is 19.9 Å². The van der Waals surface area contributed by atoms with Gasteiger partial charge in [-0.3, -0.25) is 4.79 Å². The Bertz CT molecular complexity index is 1090. The molecule has 4 aromatic rings. The van der Waals surface area contributed by atoms with Gasteiger partial charge in [0.1, 0.15) is 18.2 Å². The van der Waals surface area contributed by atoms with E-state index in [9.17, 15) is 4.79 Å². The molecule has 2 aromatic carbocycles. The number of carbonyl (C=O) groups is 1. The van der Waals surface area contributed by atoms with Crippen molar-refractivity contribution in [3.8, 4) is 5.75 Å². The molecule has 7 heteroatoms. The van der Waals surface area contributed by atoms with Gasteiger partial charge in [0.2, 0.25) is 0 Å². The molecule has 0 saturated heterocycles. The highest BCUT2D eigenvalue weighted by Gasteiger charge is 2.09. The predicted molar refractivity (Wildman–Crippen MR) is 110 cm³/mol. The molecule has 0 aliphatic heterocycles. The minimum Gasteiger partial charge on any atom is -0.487 e. The van der Waals surface area contributed by atoms with Gasteiger partial charge in [0.15, 0.2) is 0 Å². The van der Waals surface area contributed by atoms with Gasteiger partial charge in [-0.15, -0.1) is 11.3 Å². The summed E-state index contributed by atoms with van der Waals surface area (Å²) in [6.07, 6.45) is 0. The molecule has 0 atom stereocenters. The molecule has 142 valence electrons. The maximum absolute atomic E-state index is 12.5. The van der Waals surface area contributed by atoms with E-state index in [1.54, 1.807) is 17.6 Å². The summed E-state index contributed by atoms with van der Waals surface area (Å²) in [4.78, 5) is 21.2. The first-order valence-corrected chi connectivity index (χ1v) is 9.95.